The van der Waals surface area contributed by atoms with E-state index < -0.39 is 0 Å². The van der Waals surface area contributed by atoms with Gasteiger partial charge in [0.25, 0.3) is 5.22 Å². The highest BCUT2D eigenvalue weighted by Crippen LogP contribution is 2.25. The van der Waals surface area contributed by atoms with Gasteiger partial charge in [0.15, 0.2) is 0 Å². The lowest BCUT2D eigenvalue weighted by atomic mass is 10.1. The van der Waals surface area contributed by atoms with Gasteiger partial charge < -0.3 is 14.8 Å². The van der Waals surface area contributed by atoms with E-state index in [4.69, 9.17) is 4.42 Å². The molecule has 6 nitrogen and oxygen atoms in total. The molecule has 0 saturated heterocycles. The molecule has 0 radical (unpaired) electrons. The lowest BCUT2D eigenvalue weighted by Gasteiger charge is -2.08. The van der Waals surface area contributed by atoms with Crippen LogP contribution in [0.5, 0.6) is 5.75 Å². The Kier molecular flexibility index (Phi) is 5.04. The Hall–Kier alpha value is -2.80. The predicted octanol–water partition coefficient (Wildman–Crippen LogP) is 3.79. The maximum atomic E-state index is 12.1. The lowest BCUT2D eigenvalue weighted by Crippen LogP contribution is -2.14. The number of phenols is 1. The quantitative estimate of drug-likeness (QED) is 0.677. The van der Waals surface area contributed by atoms with Crippen LogP contribution in [0.3, 0.4) is 0 Å². The van der Waals surface area contributed by atoms with E-state index in [0.29, 0.717) is 16.7 Å². The number of thioether (sulfide) groups is 1. The number of carbonyl (C=O) groups excluding carboxylic acids is 1. The van der Waals surface area contributed by atoms with Gasteiger partial charge in [0, 0.05) is 11.3 Å². The standard InChI is InChI=1S/C18H17N3O3S/c1-11-6-7-15(12(2)8-11)19-16(23)10-25-18-21-20-17(24-18)13-4-3-5-14(22)9-13/h3-9,22H,10H2,1-2H3,(H,19,23). The summed E-state index contributed by atoms with van der Waals surface area (Å²) >= 11 is 1.16. The number of rotatable bonds is 5. The van der Waals surface area contributed by atoms with Crippen LogP contribution in [-0.2, 0) is 4.79 Å². The number of hydrogen-bond donors (Lipinski definition) is 2. The Labute approximate surface area is 149 Å². The summed E-state index contributed by atoms with van der Waals surface area (Å²) in [5.74, 6) is 0.439. The fourth-order valence-corrected chi connectivity index (χ4v) is 2.85. The lowest BCUT2D eigenvalue weighted by molar-refractivity contribution is -0.113. The van der Waals surface area contributed by atoms with Crippen molar-refractivity contribution in [1.82, 2.24) is 10.2 Å². The second-order valence-corrected chi connectivity index (χ2v) is 6.51. The molecule has 2 N–H and O–H groups in total. The van der Waals surface area contributed by atoms with E-state index in [1.807, 2.05) is 32.0 Å². The number of nitrogens with one attached hydrogen (secondary N) is 1. The van der Waals surface area contributed by atoms with Gasteiger partial charge >= 0.3 is 0 Å². The fraction of sp³-hybridized carbons (Fsp3) is 0.167. The van der Waals surface area contributed by atoms with Crippen molar-refractivity contribution < 1.29 is 14.3 Å². The summed E-state index contributed by atoms with van der Waals surface area (Å²) < 4.78 is 5.51. The molecule has 3 rings (SSSR count). The molecule has 1 aromatic heterocycles. The molecule has 7 heteroatoms. The smallest absolute Gasteiger partial charge is 0.277 e. The SMILES string of the molecule is Cc1ccc(NC(=O)CSc2nnc(-c3cccc(O)c3)o2)c(C)c1. The van der Waals surface area contributed by atoms with E-state index in [0.717, 1.165) is 28.6 Å². The highest BCUT2D eigenvalue weighted by Gasteiger charge is 2.12. The van der Waals surface area contributed by atoms with Gasteiger partial charge in [-0.2, -0.15) is 0 Å². The molecule has 1 heterocycles. The van der Waals surface area contributed by atoms with Gasteiger partial charge in [-0.3, -0.25) is 4.79 Å². The maximum Gasteiger partial charge on any atom is 0.277 e. The van der Waals surface area contributed by atoms with Crippen molar-refractivity contribution in [3.8, 4) is 17.2 Å². The van der Waals surface area contributed by atoms with E-state index in [9.17, 15) is 9.90 Å². The third-order valence-electron chi connectivity index (χ3n) is 3.48. The Balaban J connectivity index is 1.59. The van der Waals surface area contributed by atoms with Crippen LogP contribution >= 0.6 is 11.8 Å². The molecule has 128 valence electrons. The zero-order valence-electron chi connectivity index (χ0n) is 13.8. The van der Waals surface area contributed by atoms with Crippen LogP contribution in [0.25, 0.3) is 11.5 Å². The molecular weight excluding hydrogens is 338 g/mol. The Morgan fingerprint density at radius 3 is 2.80 bits per heavy atom. The number of amides is 1. The van der Waals surface area contributed by atoms with Crippen molar-refractivity contribution in [2.45, 2.75) is 19.1 Å². The van der Waals surface area contributed by atoms with Gasteiger partial charge in [-0.05, 0) is 43.7 Å². The summed E-state index contributed by atoms with van der Waals surface area (Å²) in [6.07, 6.45) is 0. The first-order chi connectivity index (χ1) is 12.0. The average molecular weight is 355 g/mol. The topological polar surface area (TPSA) is 88.2 Å². The largest absolute Gasteiger partial charge is 0.508 e. The highest BCUT2D eigenvalue weighted by atomic mass is 32.2. The molecule has 0 atom stereocenters. The summed E-state index contributed by atoms with van der Waals surface area (Å²) in [5, 5.41) is 20.5. The number of benzene rings is 2. The van der Waals surface area contributed by atoms with Gasteiger partial charge in [-0.25, -0.2) is 0 Å². The molecule has 0 aliphatic rings. The van der Waals surface area contributed by atoms with Crippen molar-refractivity contribution in [2.24, 2.45) is 0 Å². The Morgan fingerprint density at radius 2 is 2.04 bits per heavy atom. The summed E-state index contributed by atoms with van der Waals surface area (Å²) in [7, 11) is 0. The molecule has 0 bridgehead atoms. The minimum Gasteiger partial charge on any atom is -0.508 e. The molecule has 1 amide bonds. The van der Waals surface area contributed by atoms with Crippen molar-refractivity contribution in [3.05, 3.63) is 53.6 Å². The number of phenolic OH excluding ortho intramolecular Hbond substituents is 1. The van der Waals surface area contributed by atoms with Gasteiger partial charge in [-0.15, -0.1) is 10.2 Å². The van der Waals surface area contributed by atoms with Crippen molar-refractivity contribution in [3.63, 3.8) is 0 Å². The highest BCUT2D eigenvalue weighted by molar-refractivity contribution is 7.99. The molecule has 0 aliphatic heterocycles. The number of hydrogen-bond acceptors (Lipinski definition) is 6. The van der Waals surface area contributed by atoms with E-state index >= 15 is 0 Å². The predicted molar refractivity (Wildman–Crippen MR) is 96.7 cm³/mol. The third kappa shape index (κ3) is 4.39. The number of nitrogens with zero attached hydrogens (tertiary/aromatic N) is 2. The number of aromatic nitrogens is 2. The molecule has 0 fully saturated rings. The molecule has 0 aliphatic carbocycles. The molecular formula is C18H17N3O3S. The van der Waals surface area contributed by atoms with E-state index in [1.54, 1.807) is 18.2 Å². The van der Waals surface area contributed by atoms with E-state index in [-0.39, 0.29) is 17.4 Å². The molecule has 0 saturated carbocycles. The number of anilines is 1. The minimum absolute atomic E-state index is 0.123. The van der Waals surface area contributed by atoms with Crippen LogP contribution in [0.1, 0.15) is 11.1 Å². The van der Waals surface area contributed by atoms with Crippen molar-refractivity contribution in [1.29, 1.82) is 0 Å². The van der Waals surface area contributed by atoms with Crippen LogP contribution in [0, 0.1) is 13.8 Å². The zero-order chi connectivity index (χ0) is 17.8. The second kappa shape index (κ2) is 7.40. The monoisotopic (exact) mass is 355 g/mol. The molecule has 25 heavy (non-hydrogen) atoms. The summed E-state index contributed by atoms with van der Waals surface area (Å²) in [6.45, 7) is 3.96. The van der Waals surface area contributed by atoms with Crippen molar-refractivity contribution in [2.75, 3.05) is 11.1 Å². The number of aryl methyl sites for hydroxylation is 2. The normalized spacial score (nSPS) is 10.6. The summed E-state index contributed by atoms with van der Waals surface area (Å²) in [6, 6.07) is 12.4. The third-order valence-corrected chi connectivity index (χ3v) is 4.30. The number of aromatic hydroxyl groups is 1. The molecule has 0 spiro atoms. The summed E-state index contributed by atoms with van der Waals surface area (Å²) in [5.41, 5.74) is 3.58. The van der Waals surface area contributed by atoms with Crippen LogP contribution < -0.4 is 5.32 Å². The molecule has 3 aromatic rings. The first kappa shape index (κ1) is 17.0. The second-order valence-electron chi connectivity index (χ2n) is 5.58. The minimum atomic E-state index is -0.144. The average Bonchev–Trinajstić information content (AvgIpc) is 3.05. The first-order valence-corrected chi connectivity index (χ1v) is 8.62. The number of carbonyl (C=O) groups is 1. The molecule has 0 unspecified atom stereocenters. The van der Waals surface area contributed by atoms with Gasteiger partial charge in [0.1, 0.15) is 5.75 Å². The first-order valence-electron chi connectivity index (χ1n) is 7.64. The van der Waals surface area contributed by atoms with Gasteiger partial charge in [0.05, 0.1) is 5.75 Å². The Morgan fingerprint density at radius 1 is 1.20 bits per heavy atom. The van der Waals surface area contributed by atoms with Crippen molar-refractivity contribution >= 4 is 23.4 Å². The van der Waals surface area contributed by atoms with E-state index in [2.05, 4.69) is 15.5 Å². The van der Waals surface area contributed by atoms with Crippen LogP contribution in [0.4, 0.5) is 5.69 Å². The fourth-order valence-electron chi connectivity index (χ4n) is 2.29. The maximum absolute atomic E-state index is 12.1. The Bertz CT molecular complexity index is 908. The van der Waals surface area contributed by atoms with Crippen LogP contribution in [-0.4, -0.2) is 27.0 Å². The molecule has 2 aromatic carbocycles. The van der Waals surface area contributed by atoms with Gasteiger partial charge in [0.2, 0.25) is 11.8 Å². The van der Waals surface area contributed by atoms with Crippen LogP contribution in [0.15, 0.2) is 52.1 Å². The van der Waals surface area contributed by atoms with Crippen LogP contribution in [0.2, 0.25) is 0 Å². The summed E-state index contributed by atoms with van der Waals surface area (Å²) in [4.78, 5) is 12.1. The zero-order valence-corrected chi connectivity index (χ0v) is 14.6. The van der Waals surface area contributed by atoms with E-state index in [1.165, 1.54) is 6.07 Å². The van der Waals surface area contributed by atoms with Gasteiger partial charge in [-0.1, -0.05) is 35.5 Å².